The molecule has 17 heavy (non-hydrogen) atoms. The molecule has 5 nitrogen and oxygen atoms in total. The summed E-state index contributed by atoms with van der Waals surface area (Å²) in [7, 11) is 0. The van der Waals surface area contributed by atoms with Crippen LogP contribution in [-0.4, -0.2) is 28.5 Å². The number of hydrogen-bond acceptors (Lipinski definition) is 2. The molecule has 0 spiro atoms. The maximum absolute atomic E-state index is 13.4. The smallest absolute Gasteiger partial charge is 0.368 e. The van der Waals surface area contributed by atoms with Crippen LogP contribution in [0.15, 0.2) is 28.2 Å². The number of hydrogen-bond donors (Lipinski definition) is 1. The van der Waals surface area contributed by atoms with Gasteiger partial charge in [0.1, 0.15) is 17.3 Å². The maximum Gasteiger partial charge on any atom is 0.368 e. The highest BCUT2D eigenvalue weighted by molar-refractivity contribution is 6.71. The van der Waals surface area contributed by atoms with Crippen LogP contribution in [0.5, 0.6) is 0 Å². The number of aliphatic imine (C=N–C) groups is 2. The normalized spacial score (nSPS) is 14.6. The topological polar surface area (TPSA) is 79.1 Å². The number of rotatable bonds is 2. The van der Waals surface area contributed by atoms with Crippen LogP contribution in [0.4, 0.5) is 13.6 Å². The largest absolute Gasteiger partial charge is 0.476 e. The Bertz CT molecular complexity index is 593. The SMILES string of the molecule is O=C1N=C(C(=O)O)C(c2cc(F)ccc2F)=N1. The van der Waals surface area contributed by atoms with Crippen LogP contribution in [-0.2, 0) is 4.79 Å². The van der Waals surface area contributed by atoms with Gasteiger partial charge in [-0.15, -0.1) is 0 Å². The number of benzene rings is 1. The van der Waals surface area contributed by atoms with E-state index in [2.05, 4.69) is 9.98 Å². The molecule has 86 valence electrons. The first kappa shape index (κ1) is 11.1. The summed E-state index contributed by atoms with van der Waals surface area (Å²) in [6.07, 6.45) is 0. The van der Waals surface area contributed by atoms with Crippen LogP contribution < -0.4 is 0 Å². The van der Waals surface area contributed by atoms with Gasteiger partial charge in [-0.1, -0.05) is 0 Å². The van der Waals surface area contributed by atoms with E-state index in [-0.39, 0.29) is 0 Å². The van der Waals surface area contributed by atoms with Crippen molar-refractivity contribution in [1.29, 1.82) is 0 Å². The van der Waals surface area contributed by atoms with Crippen LogP contribution in [0.25, 0.3) is 0 Å². The van der Waals surface area contributed by atoms with Crippen molar-refractivity contribution < 1.29 is 23.5 Å². The summed E-state index contributed by atoms with van der Waals surface area (Å²) < 4.78 is 26.3. The fraction of sp³-hybridized carbons (Fsp3) is 0. The van der Waals surface area contributed by atoms with Crippen molar-refractivity contribution >= 4 is 23.4 Å². The zero-order valence-corrected chi connectivity index (χ0v) is 8.15. The molecule has 7 heteroatoms. The van der Waals surface area contributed by atoms with Crippen molar-refractivity contribution in [2.45, 2.75) is 0 Å². The lowest BCUT2D eigenvalue weighted by Gasteiger charge is -2.02. The number of carbonyl (C=O) groups is 2. The van der Waals surface area contributed by atoms with Gasteiger partial charge in [-0.25, -0.2) is 18.4 Å². The first-order valence-electron chi connectivity index (χ1n) is 4.39. The van der Waals surface area contributed by atoms with Gasteiger partial charge in [0.25, 0.3) is 0 Å². The molecule has 1 aliphatic rings. The van der Waals surface area contributed by atoms with Crippen molar-refractivity contribution in [3.8, 4) is 0 Å². The average Bonchev–Trinajstić information content (AvgIpc) is 2.64. The number of amides is 2. The molecule has 1 aliphatic heterocycles. The van der Waals surface area contributed by atoms with E-state index in [0.717, 1.165) is 18.2 Å². The van der Waals surface area contributed by atoms with Gasteiger partial charge in [0.05, 0.1) is 0 Å². The molecule has 0 saturated heterocycles. The monoisotopic (exact) mass is 238 g/mol. The molecule has 0 fully saturated rings. The van der Waals surface area contributed by atoms with E-state index in [9.17, 15) is 18.4 Å². The second-order valence-corrected chi connectivity index (χ2v) is 3.13. The zero-order valence-electron chi connectivity index (χ0n) is 8.15. The second-order valence-electron chi connectivity index (χ2n) is 3.13. The van der Waals surface area contributed by atoms with Gasteiger partial charge < -0.3 is 5.11 Å². The summed E-state index contributed by atoms with van der Waals surface area (Å²) in [5, 5.41) is 8.74. The molecule has 0 aromatic heterocycles. The minimum Gasteiger partial charge on any atom is -0.476 e. The molecular weight excluding hydrogens is 234 g/mol. The van der Waals surface area contributed by atoms with Crippen molar-refractivity contribution in [3.05, 3.63) is 35.4 Å². The van der Waals surface area contributed by atoms with Gasteiger partial charge in [0.2, 0.25) is 0 Å². The molecule has 1 aromatic carbocycles. The van der Waals surface area contributed by atoms with Crippen molar-refractivity contribution in [2.75, 3.05) is 0 Å². The third-order valence-corrected chi connectivity index (χ3v) is 2.03. The standard InChI is InChI=1S/C10H4F2N2O3/c11-4-1-2-6(12)5(3-4)7-8(9(15)16)14-10(17)13-7/h1-3H,(H,15,16). The molecule has 0 radical (unpaired) electrons. The van der Waals surface area contributed by atoms with E-state index in [1.807, 2.05) is 0 Å². The van der Waals surface area contributed by atoms with Crippen LogP contribution >= 0.6 is 0 Å². The molecule has 0 saturated carbocycles. The number of carbonyl (C=O) groups excluding carboxylic acids is 1. The van der Waals surface area contributed by atoms with Gasteiger partial charge in [0.15, 0.2) is 5.71 Å². The molecule has 0 bridgehead atoms. The fourth-order valence-corrected chi connectivity index (χ4v) is 1.34. The van der Waals surface area contributed by atoms with E-state index in [1.165, 1.54) is 0 Å². The third kappa shape index (κ3) is 1.94. The average molecular weight is 238 g/mol. The highest BCUT2D eigenvalue weighted by atomic mass is 19.1. The zero-order chi connectivity index (χ0) is 12.6. The summed E-state index contributed by atoms with van der Waals surface area (Å²) >= 11 is 0. The van der Waals surface area contributed by atoms with E-state index in [0.29, 0.717) is 0 Å². The number of carboxylic acids is 1. The second kappa shape index (κ2) is 3.85. The Hall–Kier alpha value is -2.44. The van der Waals surface area contributed by atoms with Gasteiger partial charge >= 0.3 is 12.0 Å². The lowest BCUT2D eigenvalue weighted by atomic mass is 10.1. The van der Waals surface area contributed by atoms with E-state index in [1.54, 1.807) is 0 Å². The summed E-state index contributed by atoms with van der Waals surface area (Å²) in [6, 6.07) is 1.38. The Labute approximate surface area is 93.1 Å². The molecule has 0 aliphatic carbocycles. The van der Waals surface area contributed by atoms with Crippen LogP contribution in [0, 0.1) is 11.6 Å². The Morgan fingerprint density at radius 3 is 2.59 bits per heavy atom. The van der Waals surface area contributed by atoms with Gasteiger partial charge in [-0.2, -0.15) is 9.98 Å². The molecule has 1 aromatic rings. The molecule has 0 unspecified atom stereocenters. The van der Waals surface area contributed by atoms with Crippen molar-refractivity contribution in [3.63, 3.8) is 0 Å². The van der Waals surface area contributed by atoms with Crippen molar-refractivity contribution in [2.24, 2.45) is 9.98 Å². The number of carboxylic acid groups (broad SMARTS) is 1. The molecule has 2 amide bonds. The molecule has 0 atom stereocenters. The summed E-state index contributed by atoms with van der Waals surface area (Å²) in [5.41, 5.74) is -1.57. The summed E-state index contributed by atoms with van der Waals surface area (Å²) in [6.45, 7) is 0. The molecule has 1 heterocycles. The van der Waals surface area contributed by atoms with Crippen LogP contribution in [0.2, 0.25) is 0 Å². The number of nitrogens with zero attached hydrogens (tertiary/aromatic N) is 2. The molecule has 1 N–H and O–H groups in total. The Morgan fingerprint density at radius 1 is 1.24 bits per heavy atom. The maximum atomic E-state index is 13.4. The first-order valence-corrected chi connectivity index (χ1v) is 4.39. The highest BCUT2D eigenvalue weighted by Gasteiger charge is 2.28. The summed E-state index contributed by atoms with van der Waals surface area (Å²) in [5.74, 6) is -3.18. The van der Waals surface area contributed by atoms with Crippen LogP contribution in [0.1, 0.15) is 5.56 Å². The predicted octanol–water partition coefficient (Wildman–Crippen LogP) is 1.41. The Morgan fingerprint density at radius 2 is 1.94 bits per heavy atom. The molecular formula is C10H4F2N2O3. The highest BCUT2D eigenvalue weighted by Crippen LogP contribution is 2.15. The van der Waals surface area contributed by atoms with E-state index >= 15 is 0 Å². The Balaban J connectivity index is 2.58. The van der Waals surface area contributed by atoms with Gasteiger partial charge in [0, 0.05) is 5.56 Å². The quantitative estimate of drug-likeness (QED) is 0.845. The predicted molar refractivity (Wildman–Crippen MR) is 53.4 cm³/mol. The van der Waals surface area contributed by atoms with Gasteiger partial charge in [-0.05, 0) is 18.2 Å². The fourth-order valence-electron chi connectivity index (χ4n) is 1.34. The van der Waals surface area contributed by atoms with Gasteiger partial charge in [-0.3, -0.25) is 0 Å². The van der Waals surface area contributed by atoms with E-state index in [4.69, 9.17) is 5.11 Å². The summed E-state index contributed by atoms with van der Waals surface area (Å²) in [4.78, 5) is 28.0. The van der Waals surface area contributed by atoms with E-state index < -0.39 is 40.6 Å². The lowest BCUT2D eigenvalue weighted by Crippen LogP contribution is -2.23. The third-order valence-electron chi connectivity index (χ3n) is 2.03. The minimum atomic E-state index is -1.53. The number of aliphatic carboxylic acids is 1. The number of urea groups is 1. The first-order chi connectivity index (χ1) is 7.99. The molecule has 2 rings (SSSR count). The number of halogens is 2. The van der Waals surface area contributed by atoms with Crippen molar-refractivity contribution in [1.82, 2.24) is 0 Å². The van der Waals surface area contributed by atoms with Crippen LogP contribution in [0.3, 0.4) is 0 Å². The Kier molecular flexibility index (Phi) is 2.51. The minimum absolute atomic E-state index is 0.406. The lowest BCUT2D eigenvalue weighted by molar-refractivity contribution is -0.129.